The summed E-state index contributed by atoms with van der Waals surface area (Å²) >= 11 is 0. The van der Waals surface area contributed by atoms with Gasteiger partial charge in [-0.25, -0.2) is 22.8 Å². The fourth-order valence-electron chi connectivity index (χ4n) is 4.26. The molecule has 0 N–H and O–H groups in total. The van der Waals surface area contributed by atoms with E-state index in [0.29, 0.717) is 44.2 Å². The van der Waals surface area contributed by atoms with E-state index in [1.165, 1.54) is 16.4 Å². The second kappa shape index (κ2) is 10.1. The highest BCUT2D eigenvalue weighted by Gasteiger charge is 2.30. The summed E-state index contributed by atoms with van der Waals surface area (Å²) in [6.45, 7) is 5.60. The molecular formula is C25H29FN4O3S. The highest BCUT2D eigenvalue weighted by Crippen LogP contribution is 2.28. The first kappa shape index (κ1) is 24.1. The molecule has 4 rings (SSSR count). The van der Waals surface area contributed by atoms with E-state index >= 15 is 0 Å². The van der Waals surface area contributed by atoms with Gasteiger partial charge in [0, 0.05) is 43.9 Å². The van der Waals surface area contributed by atoms with Crippen molar-refractivity contribution in [2.45, 2.75) is 31.6 Å². The average Bonchev–Trinajstić information content (AvgIpc) is 2.85. The summed E-state index contributed by atoms with van der Waals surface area (Å²) in [5.41, 5.74) is 2.74. The number of anilines is 1. The first-order valence-corrected chi connectivity index (χ1v) is 12.8. The summed E-state index contributed by atoms with van der Waals surface area (Å²) in [4.78, 5) is 11.7. The SMILES string of the molecule is CCc1nc(C)nc(N2CCN(S(=O)(=O)c3ccc(OC)cc3)CC2)c1Cc1cccc(F)c1. The van der Waals surface area contributed by atoms with Crippen LogP contribution in [0.4, 0.5) is 10.2 Å². The highest BCUT2D eigenvalue weighted by atomic mass is 32.2. The number of ether oxygens (including phenoxy) is 1. The molecule has 0 bridgehead atoms. The summed E-state index contributed by atoms with van der Waals surface area (Å²) in [6, 6.07) is 13.0. The Morgan fingerprint density at radius 3 is 2.35 bits per heavy atom. The molecule has 0 aliphatic carbocycles. The number of aryl methyl sites for hydroxylation is 2. The molecule has 1 saturated heterocycles. The zero-order valence-corrected chi connectivity index (χ0v) is 20.5. The molecule has 180 valence electrons. The van der Waals surface area contributed by atoms with Crippen LogP contribution in [0.2, 0.25) is 0 Å². The number of halogens is 1. The lowest BCUT2D eigenvalue weighted by Crippen LogP contribution is -2.49. The van der Waals surface area contributed by atoms with Gasteiger partial charge in [0.25, 0.3) is 0 Å². The van der Waals surface area contributed by atoms with Crippen LogP contribution < -0.4 is 9.64 Å². The predicted molar refractivity (Wildman–Crippen MR) is 129 cm³/mol. The summed E-state index contributed by atoms with van der Waals surface area (Å²) < 4.78 is 46.7. The third-order valence-corrected chi connectivity index (χ3v) is 7.94. The van der Waals surface area contributed by atoms with Gasteiger partial charge in [0.15, 0.2) is 0 Å². The second-order valence-electron chi connectivity index (χ2n) is 8.25. The molecule has 9 heteroatoms. The molecule has 2 aromatic carbocycles. The minimum Gasteiger partial charge on any atom is -0.497 e. The Bertz CT molecular complexity index is 1260. The van der Waals surface area contributed by atoms with Gasteiger partial charge in [0.05, 0.1) is 12.0 Å². The molecule has 1 fully saturated rings. The Morgan fingerprint density at radius 2 is 1.74 bits per heavy atom. The number of aromatic nitrogens is 2. The summed E-state index contributed by atoms with van der Waals surface area (Å²) in [5, 5.41) is 0. The van der Waals surface area contributed by atoms with Crippen molar-refractivity contribution >= 4 is 15.8 Å². The van der Waals surface area contributed by atoms with Gasteiger partial charge in [0.2, 0.25) is 10.0 Å². The number of benzene rings is 2. The van der Waals surface area contributed by atoms with Crippen LogP contribution in [0.3, 0.4) is 0 Å². The molecule has 0 atom stereocenters. The molecule has 0 amide bonds. The normalized spacial score (nSPS) is 14.9. The number of rotatable bonds is 7. The van der Waals surface area contributed by atoms with Crippen LogP contribution in [-0.4, -0.2) is 56.0 Å². The molecule has 7 nitrogen and oxygen atoms in total. The quantitative estimate of drug-likeness (QED) is 0.510. The van der Waals surface area contributed by atoms with E-state index in [9.17, 15) is 12.8 Å². The van der Waals surface area contributed by atoms with Gasteiger partial charge in [-0.3, -0.25) is 0 Å². The third kappa shape index (κ3) is 5.05. The zero-order valence-electron chi connectivity index (χ0n) is 19.7. The van der Waals surface area contributed by atoms with E-state index in [0.717, 1.165) is 29.1 Å². The van der Waals surface area contributed by atoms with Gasteiger partial charge in [-0.1, -0.05) is 19.1 Å². The van der Waals surface area contributed by atoms with Crippen molar-refractivity contribution in [1.82, 2.24) is 14.3 Å². The van der Waals surface area contributed by atoms with E-state index in [2.05, 4.69) is 9.88 Å². The van der Waals surface area contributed by atoms with E-state index < -0.39 is 10.0 Å². The van der Waals surface area contributed by atoms with Crippen LogP contribution in [0.5, 0.6) is 5.75 Å². The third-order valence-electron chi connectivity index (χ3n) is 6.02. The van der Waals surface area contributed by atoms with Crippen LogP contribution in [-0.2, 0) is 22.9 Å². The maximum Gasteiger partial charge on any atom is 0.243 e. The van der Waals surface area contributed by atoms with Crippen molar-refractivity contribution in [3.63, 3.8) is 0 Å². The molecule has 2 heterocycles. The number of sulfonamides is 1. The molecule has 1 aromatic heterocycles. The van der Waals surface area contributed by atoms with Gasteiger partial charge < -0.3 is 9.64 Å². The maximum absolute atomic E-state index is 13.8. The molecule has 34 heavy (non-hydrogen) atoms. The smallest absolute Gasteiger partial charge is 0.243 e. The lowest BCUT2D eigenvalue weighted by Gasteiger charge is -2.36. The van der Waals surface area contributed by atoms with E-state index in [1.807, 2.05) is 19.9 Å². The minimum absolute atomic E-state index is 0.250. The fourth-order valence-corrected chi connectivity index (χ4v) is 5.68. The van der Waals surface area contributed by atoms with Crippen molar-refractivity contribution in [3.05, 3.63) is 77.0 Å². The fraction of sp³-hybridized carbons (Fsp3) is 0.360. The molecule has 0 spiro atoms. The molecule has 1 aliphatic rings. The largest absolute Gasteiger partial charge is 0.497 e. The average molecular weight is 485 g/mol. The number of nitrogens with zero attached hydrogens (tertiary/aromatic N) is 4. The Balaban J connectivity index is 1.57. The van der Waals surface area contributed by atoms with Gasteiger partial charge in [-0.15, -0.1) is 0 Å². The lowest BCUT2D eigenvalue weighted by atomic mass is 10.0. The molecule has 1 aliphatic heterocycles. The van der Waals surface area contributed by atoms with Crippen LogP contribution in [0.25, 0.3) is 0 Å². The molecular weight excluding hydrogens is 455 g/mol. The van der Waals surface area contributed by atoms with Crippen molar-refractivity contribution in [2.75, 3.05) is 38.2 Å². The maximum atomic E-state index is 13.8. The summed E-state index contributed by atoms with van der Waals surface area (Å²) in [6.07, 6.45) is 1.24. The lowest BCUT2D eigenvalue weighted by molar-refractivity contribution is 0.383. The molecule has 0 saturated carbocycles. The number of hydrogen-bond donors (Lipinski definition) is 0. The van der Waals surface area contributed by atoms with E-state index in [-0.39, 0.29) is 10.7 Å². The number of hydrogen-bond acceptors (Lipinski definition) is 6. The van der Waals surface area contributed by atoms with Crippen LogP contribution >= 0.6 is 0 Å². The first-order valence-electron chi connectivity index (χ1n) is 11.3. The van der Waals surface area contributed by atoms with E-state index in [4.69, 9.17) is 9.72 Å². The van der Waals surface area contributed by atoms with Gasteiger partial charge in [-0.2, -0.15) is 4.31 Å². The molecule has 0 radical (unpaired) electrons. The predicted octanol–water partition coefficient (Wildman–Crippen LogP) is 3.60. The van der Waals surface area contributed by atoms with Gasteiger partial charge in [-0.05, 0) is 55.3 Å². The monoisotopic (exact) mass is 484 g/mol. The highest BCUT2D eigenvalue weighted by molar-refractivity contribution is 7.89. The van der Waals surface area contributed by atoms with Crippen LogP contribution in [0.1, 0.15) is 29.6 Å². The number of methoxy groups -OCH3 is 1. The second-order valence-corrected chi connectivity index (χ2v) is 10.2. The van der Waals surface area contributed by atoms with Crippen molar-refractivity contribution in [2.24, 2.45) is 0 Å². The Morgan fingerprint density at radius 1 is 1.03 bits per heavy atom. The molecule has 3 aromatic rings. The van der Waals surface area contributed by atoms with Crippen molar-refractivity contribution < 1.29 is 17.5 Å². The zero-order chi connectivity index (χ0) is 24.3. The van der Waals surface area contributed by atoms with Crippen LogP contribution in [0, 0.1) is 12.7 Å². The first-order chi connectivity index (χ1) is 16.3. The van der Waals surface area contributed by atoms with Crippen LogP contribution in [0.15, 0.2) is 53.4 Å². The topological polar surface area (TPSA) is 75.6 Å². The minimum atomic E-state index is -3.60. The molecule has 0 unspecified atom stereocenters. The van der Waals surface area contributed by atoms with Gasteiger partial charge in [0.1, 0.15) is 23.2 Å². The Labute approximate surface area is 200 Å². The standard InChI is InChI=1S/C25H29FN4O3S/c1-4-24-23(17-19-6-5-7-20(26)16-19)25(28-18(2)27-24)29-12-14-30(15-13-29)34(31,32)22-10-8-21(33-3)9-11-22/h5-11,16H,4,12-15,17H2,1-3H3. The van der Waals surface area contributed by atoms with Gasteiger partial charge >= 0.3 is 0 Å². The summed E-state index contributed by atoms with van der Waals surface area (Å²) in [5.74, 6) is 1.81. The summed E-state index contributed by atoms with van der Waals surface area (Å²) in [7, 11) is -2.05. The van der Waals surface area contributed by atoms with Crippen molar-refractivity contribution in [3.8, 4) is 5.75 Å². The Hall–Kier alpha value is -3.04. The van der Waals surface area contributed by atoms with Crippen molar-refractivity contribution in [1.29, 1.82) is 0 Å². The number of piperazine rings is 1. The van der Waals surface area contributed by atoms with E-state index in [1.54, 1.807) is 37.4 Å². The Kier molecular flexibility index (Phi) is 7.13.